The van der Waals surface area contributed by atoms with Crippen LogP contribution >= 0.6 is 0 Å². The van der Waals surface area contributed by atoms with Gasteiger partial charge in [-0.2, -0.15) is 5.10 Å². The summed E-state index contributed by atoms with van der Waals surface area (Å²) in [6.07, 6.45) is 10.3. The van der Waals surface area contributed by atoms with E-state index in [4.69, 9.17) is 5.10 Å². The number of hydrogen-bond acceptors (Lipinski definition) is 4. The van der Waals surface area contributed by atoms with Crippen LogP contribution in [0.15, 0.2) is 30.7 Å². The Bertz CT molecular complexity index is 1230. The van der Waals surface area contributed by atoms with Crippen molar-refractivity contribution < 1.29 is 4.39 Å². The monoisotopic (exact) mass is 390 g/mol. The molecule has 0 radical (unpaired) electrons. The summed E-state index contributed by atoms with van der Waals surface area (Å²) in [5.74, 6) is 0.623. The van der Waals surface area contributed by atoms with Gasteiger partial charge < -0.3 is 9.72 Å². The van der Waals surface area contributed by atoms with Crippen LogP contribution in [0.2, 0.25) is 0 Å². The molecule has 6 nitrogen and oxygen atoms in total. The van der Waals surface area contributed by atoms with Crippen LogP contribution in [0.4, 0.5) is 4.39 Å². The van der Waals surface area contributed by atoms with Crippen LogP contribution in [0.3, 0.4) is 0 Å². The lowest BCUT2D eigenvalue weighted by Crippen LogP contribution is -2.26. The summed E-state index contributed by atoms with van der Waals surface area (Å²) in [4.78, 5) is 9.24. The molecule has 6 rings (SSSR count). The second kappa shape index (κ2) is 6.35. The Hall–Kier alpha value is -2.80. The first kappa shape index (κ1) is 17.1. The molecule has 0 atom stereocenters. The Morgan fingerprint density at radius 1 is 0.966 bits per heavy atom. The van der Waals surface area contributed by atoms with Crippen LogP contribution in [-0.4, -0.2) is 37.1 Å². The molecule has 2 fully saturated rings. The lowest BCUT2D eigenvalue weighted by molar-refractivity contribution is 0.454. The number of piperidine rings is 1. The number of aromatic nitrogens is 5. The molecular formula is C22H23FN6. The second-order valence-electron chi connectivity index (χ2n) is 8.41. The van der Waals surface area contributed by atoms with Crippen LogP contribution in [0, 0.1) is 12.7 Å². The maximum atomic E-state index is 15.0. The number of imidazole rings is 2. The molecular weight excluding hydrogens is 367 g/mol. The molecule has 0 bridgehead atoms. The maximum Gasteiger partial charge on any atom is 0.173 e. The number of rotatable bonds is 3. The van der Waals surface area contributed by atoms with Gasteiger partial charge in [-0.3, -0.25) is 0 Å². The minimum atomic E-state index is -0.306. The van der Waals surface area contributed by atoms with Gasteiger partial charge in [0, 0.05) is 29.4 Å². The zero-order valence-corrected chi connectivity index (χ0v) is 16.4. The van der Waals surface area contributed by atoms with E-state index in [1.807, 2.05) is 34.4 Å². The summed E-state index contributed by atoms with van der Waals surface area (Å²) in [5.41, 5.74) is 5.99. The van der Waals surface area contributed by atoms with Gasteiger partial charge in [-0.1, -0.05) is 0 Å². The van der Waals surface area contributed by atoms with Crippen molar-refractivity contribution in [1.82, 2.24) is 29.3 Å². The SMILES string of the molecule is Cc1cn2nc(-c3cc(F)c4nc(C5CCNCC5)cn4c3)cc(C3CC3)c2n1. The summed E-state index contributed by atoms with van der Waals surface area (Å²) in [7, 11) is 0. The number of nitrogens with zero attached hydrogens (tertiary/aromatic N) is 5. The van der Waals surface area contributed by atoms with Crippen molar-refractivity contribution in [2.24, 2.45) is 0 Å². The van der Waals surface area contributed by atoms with Crippen molar-refractivity contribution in [1.29, 1.82) is 0 Å². The summed E-state index contributed by atoms with van der Waals surface area (Å²) < 4.78 is 18.6. The molecule has 1 saturated heterocycles. The third-order valence-electron chi connectivity index (χ3n) is 6.17. The Kier molecular flexibility index (Phi) is 3.74. The van der Waals surface area contributed by atoms with E-state index in [-0.39, 0.29) is 5.82 Å². The number of hydrogen-bond donors (Lipinski definition) is 1. The number of fused-ring (bicyclic) bond motifs is 2. The van der Waals surface area contributed by atoms with E-state index in [2.05, 4.69) is 21.4 Å². The minimum Gasteiger partial charge on any atom is -0.317 e. The maximum absolute atomic E-state index is 15.0. The number of nitrogens with one attached hydrogen (secondary N) is 1. The zero-order valence-electron chi connectivity index (χ0n) is 16.4. The van der Waals surface area contributed by atoms with Gasteiger partial charge in [0.15, 0.2) is 17.1 Å². The lowest BCUT2D eigenvalue weighted by atomic mass is 9.95. The summed E-state index contributed by atoms with van der Waals surface area (Å²) in [5, 5.41) is 8.10. The molecule has 2 aliphatic rings. The Balaban J connectivity index is 1.47. The van der Waals surface area contributed by atoms with Crippen molar-refractivity contribution in [3.05, 3.63) is 53.5 Å². The van der Waals surface area contributed by atoms with E-state index in [1.165, 1.54) is 18.4 Å². The standard InChI is InChI=1S/C22H23FN6/c1-13-10-29-21(25-13)17(14-2-3-14)9-19(27-29)16-8-18(23)22-26-20(12-28(22)11-16)15-4-6-24-7-5-15/h8-12,14-15,24H,2-7H2,1H3. The number of aryl methyl sites for hydroxylation is 1. The average Bonchev–Trinajstić information content (AvgIpc) is 3.36. The van der Waals surface area contributed by atoms with E-state index >= 15 is 0 Å². The molecule has 0 spiro atoms. The normalized spacial score (nSPS) is 18.1. The van der Waals surface area contributed by atoms with Gasteiger partial charge in [0.1, 0.15) is 0 Å². The van der Waals surface area contributed by atoms with Gasteiger partial charge in [-0.25, -0.2) is 18.9 Å². The summed E-state index contributed by atoms with van der Waals surface area (Å²) >= 11 is 0. The molecule has 1 aliphatic carbocycles. The molecule has 29 heavy (non-hydrogen) atoms. The smallest absolute Gasteiger partial charge is 0.173 e. The molecule has 0 aromatic carbocycles. The van der Waals surface area contributed by atoms with Crippen LogP contribution < -0.4 is 5.32 Å². The molecule has 4 aromatic heterocycles. The fourth-order valence-electron chi connectivity index (χ4n) is 4.48. The molecule has 7 heteroatoms. The fraction of sp³-hybridized carbons (Fsp3) is 0.409. The van der Waals surface area contributed by atoms with Gasteiger partial charge >= 0.3 is 0 Å². The van der Waals surface area contributed by atoms with E-state index in [0.717, 1.165) is 54.2 Å². The zero-order chi connectivity index (χ0) is 19.5. The molecule has 148 valence electrons. The number of halogens is 1. The van der Waals surface area contributed by atoms with Gasteiger partial charge in [0.25, 0.3) is 0 Å². The molecule has 1 saturated carbocycles. The van der Waals surface area contributed by atoms with E-state index in [0.29, 0.717) is 17.5 Å². The Morgan fingerprint density at radius 2 is 1.79 bits per heavy atom. The summed E-state index contributed by atoms with van der Waals surface area (Å²) in [6, 6.07) is 3.65. The summed E-state index contributed by atoms with van der Waals surface area (Å²) in [6.45, 7) is 3.96. The average molecular weight is 390 g/mol. The van der Waals surface area contributed by atoms with Crippen molar-refractivity contribution in [3.63, 3.8) is 0 Å². The van der Waals surface area contributed by atoms with Crippen molar-refractivity contribution >= 4 is 11.3 Å². The predicted octanol–water partition coefficient (Wildman–Crippen LogP) is 3.84. The topological polar surface area (TPSA) is 59.5 Å². The van der Waals surface area contributed by atoms with Gasteiger partial charge in [0.05, 0.1) is 23.3 Å². The van der Waals surface area contributed by atoms with Crippen LogP contribution in [0.25, 0.3) is 22.6 Å². The Labute approximate surface area is 167 Å². The van der Waals surface area contributed by atoms with Crippen LogP contribution in [-0.2, 0) is 0 Å². The first-order valence-electron chi connectivity index (χ1n) is 10.4. The van der Waals surface area contributed by atoms with E-state index < -0.39 is 0 Å². The third kappa shape index (κ3) is 2.92. The third-order valence-corrected chi connectivity index (χ3v) is 6.17. The Morgan fingerprint density at radius 3 is 2.59 bits per heavy atom. The first-order chi connectivity index (χ1) is 14.2. The van der Waals surface area contributed by atoms with E-state index in [9.17, 15) is 4.39 Å². The first-order valence-corrected chi connectivity index (χ1v) is 10.4. The predicted molar refractivity (Wildman–Crippen MR) is 109 cm³/mol. The van der Waals surface area contributed by atoms with Crippen LogP contribution in [0.1, 0.15) is 54.5 Å². The second-order valence-corrected chi connectivity index (χ2v) is 8.41. The highest BCUT2D eigenvalue weighted by atomic mass is 19.1. The number of pyridine rings is 1. The van der Waals surface area contributed by atoms with Gasteiger partial charge in [-0.15, -0.1) is 0 Å². The molecule has 4 aromatic rings. The molecule has 1 aliphatic heterocycles. The highest BCUT2D eigenvalue weighted by molar-refractivity contribution is 5.66. The lowest BCUT2D eigenvalue weighted by Gasteiger charge is -2.20. The quantitative estimate of drug-likeness (QED) is 0.578. The largest absolute Gasteiger partial charge is 0.317 e. The van der Waals surface area contributed by atoms with Gasteiger partial charge in [0.2, 0.25) is 0 Å². The van der Waals surface area contributed by atoms with Crippen molar-refractivity contribution in [3.8, 4) is 11.3 Å². The minimum absolute atomic E-state index is 0.306. The van der Waals surface area contributed by atoms with Crippen molar-refractivity contribution in [2.45, 2.75) is 44.4 Å². The molecule has 1 N–H and O–H groups in total. The van der Waals surface area contributed by atoms with E-state index in [1.54, 1.807) is 6.07 Å². The highest BCUT2D eigenvalue weighted by Crippen LogP contribution is 2.42. The van der Waals surface area contributed by atoms with Gasteiger partial charge in [-0.05, 0) is 63.7 Å². The highest BCUT2D eigenvalue weighted by Gasteiger charge is 2.28. The van der Waals surface area contributed by atoms with Crippen LogP contribution in [0.5, 0.6) is 0 Å². The molecule has 0 unspecified atom stereocenters. The molecule has 5 heterocycles. The molecule has 0 amide bonds. The fourth-order valence-corrected chi connectivity index (χ4v) is 4.48. The van der Waals surface area contributed by atoms with Crippen molar-refractivity contribution in [2.75, 3.05) is 13.1 Å².